The molecule has 0 bridgehead atoms. The second-order valence-electron chi connectivity index (χ2n) is 3.81. The standard InChI is InChI=1S/C11H16N4OS/c1-3-5-8-10(17-14-13-8)9(16)11-12-6-7-15(11)4-2/h6-7,9,16H,3-5H2,1-2H3. The summed E-state index contributed by atoms with van der Waals surface area (Å²) < 4.78 is 5.85. The summed E-state index contributed by atoms with van der Waals surface area (Å²) in [5.41, 5.74) is 0.885. The van der Waals surface area contributed by atoms with Gasteiger partial charge in [-0.15, -0.1) is 5.10 Å². The van der Waals surface area contributed by atoms with Crippen molar-refractivity contribution in [2.75, 3.05) is 0 Å². The highest BCUT2D eigenvalue weighted by Crippen LogP contribution is 2.26. The summed E-state index contributed by atoms with van der Waals surface area (Å²) >= 11 is 1.25. The molecule has 92 valence electrons. The third kappa shape index (κ3) is 2.37. The summed E-state index contributed by atoms with van der Waals surface area (Å²) in [5, 5.41) is 14.4. The number of nitrogens with zero attached hydrogens (tertiary/aromatic N) is 4. The molecule has 0 spiro atoms. The molecule has 17 heavy (non-hydrogen) atoms. The number of aliphatic hydroxyl groups excluding tert-OH is 1. The lowest BCUT2D eigenvalue weighted by Gasteiger charge is -2.10. The molecule has 0 amide bonds. The van der Waals surface area contributed by atoms with Crippen LogP contribution >= 0.6 is 11.5 Å². The highest BCUT2D eigenvalue weighted by molar-refractivity contribution is 7.05. The molecule has 2 aromatic rings. The molecule has 6 heteroatoms. The fraction of sp³-hybridized carbons (Fsp3) is 0.545. The Morgan fingerprint density at radius 1 is 1.47 bits per heavy atom. The van der Waals surface area contributed by atoms with Gasteiger partial charge in [-0.3, -0.25) is 0 Å². The summed E-state index contributed by atoms with van der Waals surface area (Å²) in [7, 11) is 0. The molecule has 0 saturated carbocycles. The topological polar surface area (TPSA) is 63.8 Å². The Labute approximate surface area is 104 Å². The van der Waals surface area contributed by atoms with Crippen LogP contribution in [-0.2, 0) is 13.0 Å². The van der Waals surface area contributed by atoms with Gasteiger partial charge in [0.05, 0.1) is 10.6 Å². The number of aliphatic hydroxyl groups is 1. The van der Waals surface area contributed by atoms with E-state index < -0.39 is 6.10 Å². The lowest BCUT2D eigenvalue weighted by atomic mass is 10.1. The van der Waals surface area contributed by atoms with Crippen LogP contribution in [0.4, 0.5) is 0 Å². The van der Waals surface area contributed by atoms with Crippen LogP contribution in [0.15, 0.2) is 12.4 Å². The Bertz CT molecular complexity index is 479. The first-order valence-electron chi connectivity index (χ1n) is 5.78. The van der Waals surface area contributed by atoms with Crippen LogP contribution in [0, 0.1) is 0 Å². The molecule has 2 aromatic heterocycles. The number of rotatable bonds is 5. The number of imidazole rings is 1. The Balaban J connectivity index is 2.30. The lowest BCUT2D eigenvalue weighted by Crippen LogP contribution is -2.09. The van der Waals surface area contributed by atoms with Crippen molar-refractivity contribution in [1.29, 1.82) is 0 Å². The van der Waals surface area contributed by atoms with Gasteiger partial charge in [-0.05, 0) is 24.9 Å². The molecule has 0 fully saturated rings. The van der Waals surface area contributed by atoms with Gasteiger partial charge < -0.3 is 9.67 Å². The molecule has 0 aromatic carbocycles. The molecule has 2 heterocycles. The number of hydrogen-bond donors (Lipinski definition) is 1. The zero-order chi connectivity index (χ0) is 12.3. The van der Waals surface area contributed by atoms with E-state index in [2.05, 4.69) is 21.5 Å². The molecular formula is C11H16N4OS. The maximum Gasteiger partial charge on any atom is 0.149 e. The fourth-order valence-electron chi connectivity index (χ4n) is 1.79. The summed E-state index contributed by atoms with van der Waals surface area (Å²) in [6.45, 7) is 4.90. The van der Waals surface area contributed by atoms with Crippen molar-refractivity contribution < 1.29 is 5.11 Å². The molecule has 0 radical (unpaired) electrons. The van der Waals surface area contributed by atoms with E-state index in [-0.39, 0.29) is 0 Å². The number of aromatic nitrogens is 4. The van der Waals surface area contributed by atoms with Crippen molar-refractivity contribution in [3.8, 4) is 0 Å². The number of aryl methyl sites for hydroxylation is 2. The van der Waals surface area contributed by atoms with E-state index in [4.69, 9.17) is 0 Å². The van der Waals surface area contributed by atoms with E-state index in [0.717, 1.165) is 30.0 Å². The SMILES string of the molecule is CCCc1nnsc1C(O)c1nccn1CC. The highest BCUT2D eigenvalue weighted by atomic mass is 32.1. The van der Waals surface area contributed by atoms with Gasteiger partial charge in [0.2, 0.25) is 0 Å². The zero-order valence-electron chi connectivity index (χ0n) is 10.00. The van der Waals surface area contributed by atoms with Crippen molar-refractivity contribution in [2.24, 2.45) is 0 Å². The number of hydrogen-bond acceptors (Lipinski definition) is 5. The maximum absolute atomic E-state index is 10.3. The van der Waals surface area contributed by atoms with Crippen LogP contribution in [0.5, 0.6) is 0 Å². The quantitative estimate of drug-likeness (QED) is 0.881. The molecular weight excluding hydrogens is 236 g/mol. The molecule has 5 nitrogen and oxygen atoms in total. The fourth-order valence-corrected chi connectivity index (χ4v) is 2.47. The van der Waals surface area contributed by atoms with Crippen molar-refractivity contribution in [1.82, 2.24) is 19.1 Å². The van der Waals surface area contributed by atoms with E-state index in [1.54, 1.807) is 6.20 Å². The molecule has 1 unspecified atom stereocenters. The van der Waals surface area contributed by atoms with Crippen molar-refractivity contribution in [3.05, 3.63) is 28.8 Å². The molecule has 1 atom stereocenters. The second-order valence-corrected chi connectivity index (χ2v) is 4.59. The third-order valence-electron chi connectivity index (χ3n) is 2.65. The van der Waals surface area contributed by atoms with Gasteiger partial charge in [0.15, 0.2) is 0 Å². The zero-order valence-corrected chi connectivity index (χ0v) is 10.8. The predicted octanol–water partition coefficient (Wildman–Crippen LogP) is 1.79. The van der Waals surface area contributed by atoms with Crippen LogP contribution in [-0.4, -0.2) is 24.2 Å². The normalized spacial score (nSPS) is 12.9. The van der Waals surface area contributed by atoms with Gasteiger partial charge in [-0.25, -0.2) is 4.98 Å². The average Bonchev–Trinajstić information content (AvgIpc) is 2.96. The van der Waals surface area contributed by atoms with Crippen molar-refractivity contribution >= 4 is 11.5 Å². The van der Waals surface area contributed by atoms with Crippen LogP contribution in [0.25, 0.3) is 0 Å². The van der Waals surface area contributed by atoms with Crippen molar-refractivity contribution in [3.63, 3.8) is 0 Å². The Morgan fingerprint density at radius 2 is 2.29 bits per heavy atom. The molecule has 1 N–H and O–H groups in total. The minimum Gasteiger partial charge on any atom is -0.379 e. The predicted molar refractivity (Wildman–Crippen MR) is 65.9 cm³/mol. The summed E-state index contributed by atoms with van der Waals surface area (Å²) in [5.74, 6) is 0.663. The van der Waals surface area contributed by atoms with Crippen LogP contribution in [0.2, 0.25) is 0 Å². The molecule has 0 aliphatic heterocycles. The molecule has 2 rings (SSSR count). The summed E-state index contributed by atoms with van der Waals surface area (Å²) in [4.78, 5) is 5.02. The average molecular weight is 252 g/mol. The van der Waals surface area contributed by atoms with Crippen LogP contribution in [0.3, 0.4) is 0 Å². The van der Waals surface area contributed by atoms with Gasteiger partial charge in [0.1, 0.15) is 11.9 Å². The first kappa shape index (κ1) is 12.2. The largest absolute Gasteiger partial charge is 0.379 e. The van der Waals surface area contributed by atoms with Crippen LogP contribution < -0.4 is 0 Å². The molecule has 0 aliphatic carbocycles. The van der Waals surface area contributed by atoms with Gasteiger partial charge in [0.25, 0.3) is 0 Å². The first-order valence-corrected chi connectivity index (χ1v) is 6.55. The van der Waals surface area contributed by atoms with Crippen molar-refractivity contribution in [2.45, 2.75) is 39.3 Å². The maximum atomic E-state index is 10.3. The molecule has 0 saturated heterocycles. The smallest absolute Gasteiger partial charge is 0.149 e. The second kappa shape index (κ2) is 5.37. The van der Waals surface area contributed by atoms with E-state index in [9.17, 15) is 5.11 Å². The Morgan fingerprint density at radius 3 is 3.00 bits per heavy atom. The Hall–Kier alpha value is -1.27. The van der Waals surface area contributed by atoms with E-state index in [1.165, 1.54) is 11.5 Å². The highest BCUT2D eigenvalue weighted by Gasteiger charge is 2.21. The third-order valence-corrected chi connectivity index (χ3v) is 3.47. The van der Waals surface area contributed by atoms with Gasteiger partial charge in [-0.1, -0.05) is 17.8 Å². The van der Waals surface area contributed by atoms with Gasteiger partial charge in [-0.2, -0.15) is 0 Å². The monoisotopic (exact) mass is 252 g/mol. The lowest BCUT2D eigenvalue weighted by molar-refractivity contribution is 0.207. The van der Waals surface area contributed by atoms with Gasteiger partial charge >= 0.3 is 0 Å². The Kier molecular flexibility index (Phi) is 3.86. The summed E-state index contributed by atoms with van der Waals surface area (Å²) in [6.07, 6.45) is 4.69. The first-order chi connectivity index (χ1) is 8.27. The van der Waals surface area contributed by atoms with E-state index in [1.807, 2.05) is 17.7 Å². The van der Waals surface area contributed by atoms with E-state index in [0.29, 0.717) is 5.82 Å². The molecule has 0 aliphatic rings. The van der Waals surface area contributed by atoms with E-state index >= 15 is 0 Å². The van der Waals surface area contributed by atoms with Crippen LogP contribution in [0.1, 0.15) is 42.8 Å². The van der Waals surface area contributed by atoms with Gasteiger partial charge in [0, 0.05) is 18.9 Å². The minimum atomic E-state index is -0.716. The summed E-state index contributed by atoms with van der Waals surface area (Å²) in [6, 6.07) is 0. The minimum absolute atomic E-state index is 0.663.